The first-order valence-corrected chi connectivity index (χ1v) is 7.23. The predicted octanol–water partition coefficient (Wildman–Crippen LogP) is 3.41. The van der Waals surface area contributed by atoms with Gasteiger partial charge in [-0.05, 0) is 49.1 Å². The summed E-state index contributed by atoms with van der Waals surface area (Å²) in [6.07, 6.45) is 4.04. The second-order valence-corrected chi connectivity index (χ2v) is 5.42. The van der Waals surface area contributed by atoms with Gasteiger partial charge in [-0.1, -0.05) is 19.1 Å². The molecular weight excluding hydrogens is 269 g/mol. The van der Waals surface area contributed by atoms with Crippen LogP contribution in [-0.2, 0) is 5.60 Å². The summed E-state index contributed by atoms with van der Waals surface area (Å²) in [5.41, 5.74) is -0.0893. The maximum atomic E-state index is 13.0. The van der Waals surface area contributed by atoms with Crippen molar-refractivity contribution in [1.82, 2.24) is 4.98 Å². The molecule has 1 saturated carbocycles. The Labute approximate surface area is 123 Å². The number of aliphatic hydroxyl groups is 1. The number of halogens is 1. The summed E-state index contributed by atoms with van der Waals surface area (Å²) >= 11 is 0. The lowest BCUT2D eigenvalue weighted by atomic mass is 9.87. The first-order valence-electron chi connectivity index (χ1n) is 7.23. The van der Waals surface area contributed by atoms with E-state index in [4.69, 9.17) is 4.74 Å². The number of aromatic nitrogens is 1. The second-order valence-electron chi connectivity index (χ2n) is 5.42. The van der Waals surface area contributed by atoms with Crippen molar-refractivity contribution < 1.29 is 14.2 Å². The maximum absolute atomic E-state index is 13.0. The molecule has 0 saturated heterocycles. The van der Waals surface area contributed by atoms with E-state index in [-0.39, 0.29) is 0 Å². The average molecular weight is 287 g/mol. The van der Waals surface area contributed by atoms with Crippen LogP contribution in [-0.4, -0.2) is 16.2 Å². The van der Waals surface area contributed by atoms with Gasteiger partial charge >= 0.3 is 0 Å². The van der Waals surface area contributed by atoms with Gasteiger partial charge in [0.1, 0.15) is 17.2 Å². The number of benzene rings is 1. The average Bonchev–Trinajstić information content (AvgIpc) is 3.31. The quantitative estimate of drug-likeness (QED) is 0.916. The number of pyridine rings is 1. The molecule has 1 aliphatic carbocycles. The SMILES string of the molecule is CCC(O)(c1cccc(OC2CC2)c1)c1ccc(F)cn1. The van der Waals surface area contributed by atoms with Crippen LogP contribution in [0.2, 0.25) is 0 Å². The van der Waals surface area contributed by atoms with Crippen molar-refractivity contribution in [3.05, 3.63) is 59.7 Å². The Bertz CT molecular complexity index is 625. The highest BCUT2D eigenvalue weighted by molar-refractivity contribution is 5.37. The first-order chi connectivity index (χ1) is 10.1. The Hall–Kier alpha value is -1.94. The van der Waals surface area contributed by atoms with Gasteiger partial charge in [0.05, 0.1) is 18.0 Å². The summed E-state index contributed by atoms with van der Waals surface area (Å²) in [5, 5.41) is 11.0. The van der Waals surface area contributed by atoms with Gasteiger partial charge in [-0.25, -0.2) is 4.39 Å². The highest BCUT2D eigenvalue weighted by Gasteiger charge is 2.32. The van der Waals surface area contributed by atoms with Gasteiger partial charge in [0.25, 0.3) is 0 Å². The molecule has 4 heteroatoms. The zero-order chi connectivity index (χ0) is 14.9. The highest BCUT2D eigenvalue weighted by atomic mass is 19.1. The van der Waals surface area contributed by atoms with Gasteiger partial charge in [0.15, 0.2) is 0 Å². The summed E-state index contributed by atoms with van der Waals surface area (Å²) in [7, 11) is 0. The van der Waals surface area contributed by atoms with Crippen LogP contribution in [0, 0.1) is 5.82 Å². The highest BCUT2D eigenvalue weighted by Crippen LogP contribution is 2.34. The van der Waals surface area contributed by atoms with E-state index in [0.29, 0.717) is 23.8 Å². The maximum Gasteiger partial charge on any atom is 0.141 e. The van der Waals surface area contributed by atoms with Crippen molar-refractivity contribution in [2.24, 2.45) is 0 Å². The molecule has 21 heavy (non-hydrogen) atoms. The largest absolute Gasteiger partial charge is 0.490 e. The van der Waals surface area contributed by atoms with Crippen molar-refractivity contribution >= 4 is 0 Å². The van der Waals surface area contributed by atoms with Gasteiger partial charge < -0.3 is 9.84 Å². The third-order valence-corrected chi connectivity index (χ3v) is 3.80. The molecule has 110 valence electrons. The summed E-state index contributed by atoms with van der Waals surface area (Å²) in [4.78, 5) is 4.03. The minimum atomic E-state index is -1.24. The topological polar surface area (TPSA) is 42.4 Å². The lowest BCUT2D eigenvalue weighted by molar-refractivity contribution is 0.0714. The molecule has 0 spiro atoms. The van der Waals surface area contributed by atoms with Crippen molar-refractivity contribution in [2.45, 2.75) is 37.9 Å². The smallest absolute Gasteiger partial charge is 0.141 e. The number of hydrogen-bond donors (Lipinski definition) is 1. The Morgan fingerprint density at radius 3 is 2.76 bits per heavy atom. The molecule has 1 fully saturated rings. The van der Waals surface area contributed by atoms with E-state index in [1.54, 1.807) is 0 Å². The summed E-state index contributed by atoms with van der Waals surface area (Å²) in [6, 6.07) is 10.3. The fraction of sp³-hybridized carbons (Fsp3) is 0.353. The van der Waals surface area contributed by atoms with Crippen molar-refractivity contribution in [3.8, 4) is 5.75 Å². The van der Waals surface area contributed by atoms with Gasteiger partial charge in [-0.15, -0.1) is 0 Å². The van der Waals surface area contributed by atoms with E-state index >= 15 is 0 Å². The van der Waals surface area contributed by atoms with E-state index in [1.807, 2.05) is 31.2 Å². The van der Waals surface area contributed by atoms with Crippen LogP contribution in [0.5, 0.6) is 5.75 Å². The van der Waals surface area contributed by atoms with Gasteiger partial charge in [-0.3, -0.25) is 4.98 Å². The minimum Gasteiger partial charge on any atom is -0.490 e. The molecule has 1 N–H and O–H groups in total. The lowest BCUT2D eigenvalue weighted by Gasteiger charge is -2.27. The molecule has 2 aromatic rings. The zero-order valence-electron chi connectivity index (χ0n) is 11.9. The van der Waals surface area contributed by atoms with Crippen LogP contribution in [0.25, 0.3) is 0 Å². The first kappa shape index (κ1) is 14.0. The van der Waals surface area contributed by atoms with Crippen molar-refractivity contribution in [3.63, 3.8) is 0 Å². The fourth-order valence-corrected chi connectivity index (χ4v) is 2.36. The molecule has 1 atom stereocenters. The third kappa shape index (κ3) is 2.90. The van der Waals surface area contributed by atoms with E-state index in [1.165, 1.54) is 12.1 Å². The van der Waals surface area contributed by atoms with Gasteiger partial charge in [-0.2, -0.15) is 0 Å². The lowest BCUT2D eigenvalue weighted by Crippen LogP contribution is -2.27. The number of ether oxygens (including phenoxy) is 1. The number of rotatable bonds is 5. The molecule has 1 heterocycles. The molecule has 1 aromatic carbocycles. The summed E-state index contributed by atoms with van der Waals surface area (Å²) in [6.45, 7) is 1.87. The third-order valence-electron chi connectivity index (χ3n) is 3.80. The van der Waals surface area contributed by atoms with Crippen molar-refractivity contribution in [1.29, 1.82) is 0 Å². The Morgan fingerprint density at radius 2 is 2.14 bits per heavy atom. The standard InChI is InChI=1S/C17H18FNO2/c1-2-17(20,16-9-6-13(18)11-19-16)12-4-3-5-15(10-12)21-14-7-8-14/h3-6,9-11,14,20H,2,7-8H2,1H3. The second kappa shape index (κ2) is 5.45. The summed E-state index contributed by atoms with van der Waals surface area (Å²) < 4.78 is 18.8. The monoisotopic (exact) mass is 287 g/mol. The molecule has 0 aliphatic heterocycles. The predicted molar refractivity (Wildman–Crippen MR) is 77.6 cm³/mol. The van der Waals surface area contributed by atoms with E-state index in [2.05, 4.69) is 4.98 Å². The molecule has 1 aromatic heterocycles. The molecule has 0 bridgehead atoms. The molecule has 0 radical (unpaired) electrons. The molecule has 1 aliphatic rings. The number of hydrogen-bond acceptors (Lipinski definition) is 3. The number of nitrogens with zero attached hydrogens (tertiary/aromatic N) is 1. The molecule has 3 nitrogen and oxygen atoms in total. The Balaban J connectivity index is 1.95. The Kier molecular flexibility index (Phi) is 3.64. The van der Waals surface area contributed by atoms with Crippen LogP contribution in [0.1, 0.15) is 37.4 Å². The van der Waals surface area contributed by atoms with Gasteiger partial charge in [0.2, 0.25) is 0 Å². The van der Waals surface area contributed by atoms with Crippen LogP contribution in [0.15, 0.2) is 42.6 Å². The fourth-order valence-electron chi connectivity index (χ4n) is 2.36. The minimum absolute atomic E-state index is 0.305. The zero-order valence-corrected chi connectivity index (χ0v) is 11.9. The normalized spacial score (nSPS) is 17.3. The van der Waals surface area contributed by atoms with Crippen LogP contribution < -0.4 is 4.74 Å². The van der Waals surface area contributed by atoms with E-state index in [9.17, 15) is 9.50 Å². The van der Waals surface area contributed by atoms with Crippen molar-refractivity contribution in [2.75, 3.05) is 0 Å². The van der Waals surface area contributed by atoms with Crippen LogP contribution in [0.3, 0.4) is 0 Å². The van der Waals surface area contributed by atoms with Crippen LogP contribution >= 0.6 is 0 Å². The summed E-state index contributed by atoms with van der Waals surface area (Å²) in [5.74, 6) is 0.340. The van der Waals surface area contributed by atoms with Gasteiger partial charge in [0, 0.05) is 0 Å². The molecule has 1 unspecified atom stereocenters. The molecule has 3 rings (SSSR count). The van der Waals surface area contributed by atoms with E-state index in [0.717, 1.165) is 24.8 Å². The molecule has 0 amide bonds. The van der Waals surface area contributed by atoms with E-state index < -0.39 is 11.4 Å². The Morgan fingerprint density at radius 1 is 1.33 bits per heavy atom. The van der Waals surface area contributed by atoms with Crippen LogP contribution in [0.4, 0.5) is 4.39 Å². The molecular formula is C17H18FNO2.